The Morgan fingerprint density at radius 3 is 2.69 bits per heavy atom. The molecule has 1 aliphatic rings. The SMILES string of the molecule is CCOC(=O)C1=CN(Cc2noc(-c3ccccc3)n2)S(=O)(=O)N=C1C. The van der Waals surface area contributed by atoms with Gasteiger partial charge in [0.15, 0.2) is 5.82 Å². The normalized spacial score (nSPS) is 16.0. The number of carbonyl (C=O) groups is 1. The van der Waals surface area contributed by atoms with E-state index in [9.17, 15) is 13.2 Å². The van der Waals surface area contributed by atoms with E-state index >= 15 is 0 Å². The van der Waals surface area contributed by atoms with Gasteiger partial charge in [-0.2, -0.15) is 13.4 Å². The average molecular weight is 376 g/mol. The van der Waals surface area contributed by atoms with Crippen molar-refractivity contribution in [3.8, 4) is 11.5 Å². The van der Waals surface area contributed by atoms with Gasteiger partial charge in [-0.15, -0.1) is 4.40 Å². The molecular formula is C16H16N4O5S. The van der Waals surface area contributed by atoms with Gasteiger partial charge in [-0.1, -0.05) is 23.4 Å². The largest absolute Gasteiger partial charge is 0.462 e. The maximum Gasteiger partial charge on any atom is 0.344 e. The minimum Gasteiger partial charge on any atom is -0.462 e. The summed E-state index contributed by atoms with van der Waals surface area (Å²) < 4.78 is 39.1. The summed E-state index contributed by atoms with van der Waals surface area (Å²) in [6.45, 7) is 3.03. The molecule has 0 spiro atoms. The van der Waals surface area contributed by atoms with E-state index in [1.807, 2.05) is 18.2 Å². The fourth-order valence-corrected chi connectivity index (χ4v) is 3.34. The molecule has 10 heteroatoms. The summed E-state index contributed by atoms with van der Waals surface area (Å²) >= 11 is 0. The quantitative estimate of drug-likeness (QED) is 0.729. The van der Waals surface area contributed by atoms with Crippen molar-refractivity contribution in [2.75, 3.05) is 6.61 Å². The van der Waals surface area contributed by atoms with Crippen molar-refractivity contribution in [1.82, 2.24) is 14.4 Å². The fourth-order valence-electron chi connectivity index (χ4n) is 2.27. The second-order valence-electron chi connectivity index (χ2n) is 5.34. The molecule has 1 aromatic heterocycles. The van der Waals surface area contributed by atoms with Crippen molar-refractivity contribution in [1.29, 1.82) is 0 Å². The topological polar surface area (TPSA) is 115 Å². The van der Waals surface area contributed by atoms with E-state index in [0.29, 0.717) is 5.56 Å². The van der Waals surface area contributed by atoms with Crippen LogP contribution in [0.3, 0.4) is 0 Å². The standard InChI is InChI=1S/C16H16N4O5S/c1-3-24-16(21)13-9-20(26(22,23)19-11(13)2)10-14-17-15(25-18-14)12-7-5-4-6-8-12/h4-9H,3,10H2,1-2H3. The van der Waals surface area contributed by atoms with Crippen molar-refractivity contribution in [2.45, 2.75) is 20.4 Å². The first-order valence-electron chi connectivity index (χ1n) is 7.76. The molecule has 0 aliphatic carbocycles. The smallest absolute Gasteiger partial charge is 0.344 e. The lowest BCUT2D eigenvalue weighted by Crippen LogP contribution is -2.32. The highest BCUT2D eigenvalue weighted by Crippen LogP contribution is 2.21. The van der Waals surface area contributed by atoms with Gasteiger partial charge in [0.2, 0.25) is 0 Å². The van der Waals surface area contributed by atoms with E-state index in [1.54, 1.807) is 19.1 Å². The predicted molar refractivity (Wildman–Crippen MR) is 92.0 cm³/mol. The van der Waals surface area contributed by atoms with Crippen LogP contribution in [0.25, 0.3) is 11.5 Å². The molecular weight excluding hydrogens is 360 g/mol. The van der Waals surface area contributed by atoms with E-state index in [4.69, 9.17) is 9.26 Å². The maximum atomic E-state index is 12.3. The highest BCUT2D eigenvalue weighted by atomic mass is 32.2. The minimum absolute atomic E-state index is 0.0634. The zero-order valence-electron chi connectivity index (χ0n) is 14.1. The molecule has 0 fully saturated rings. The maximum absolute atomic E-state index is 12.3. The molecule has 3 rings (SSSR count). The second kappa shape index (κ2) is 7.08. The highest BCUT2D eigenvalue weighted by Gasteiger charge is 2.30. The Morgan fingerprint density at radius 2 is 2.00 bits per heavy atom. The van der Waals surface area contributed by atoms with Crippen molar-refractivity contribution < 1.29 is 22.5 Å². The molecule has 0 atom stereocenters. The molecule has 1 aliphatic heterocycles. The number of hydrogen-bond acceptors (Lipinski definition) is 7. The first-order chi connectivity index (χ1) is 12.4. The molecule has 0 radical (unpaired) electrons. The average Bonchev–Trinajstić information content (AvgIpc) is 3.06. The van der Waals surface area contributed by atoms with Gasteiger partial charge in [-0.25, -0.2) is 4.79 Å². The van der Waals surface area contributed by atoms with Crippen LogP contribution in [-0.4, -0.2) is 41.2 Å². The summed E-state index contributed by atoms with van der Waals surface area (Å²) in [7, 11) is -3.99. The van der Waals surface area contributed by atoms with E-state index in [-0.39, 0.29) is 36.2 Å². The number of nitrogens with zero attached hydrogens (tertiary/aromatic N) is 4. The third-order valence-corrected chi connectivity index (χ3v) is 4.82. The predicted octanol–water partition coefficient (Wildman–Crippen LogP) is 1.70. The summed E-state index contributed by atoms with van der Waals surface area (Å²) in [6.07, 6.45) is 1.17. The monoisotopic (exact) mass is 376 g/mol. The molecule has 0 unspecified atom stereocenters. The molecule has 0 amide bonds. The van der Waals surface area contributed by atoms with Crippen LogP contribution in [0.1, 0.15) is 19.7 Å². The third-order valence-electron chi connectivity index (χ3n) is 3.49. The lowest BCUT2D eigenvalue weighted by atomic mass is 10.2. The van der Waals surface area contributed by atoms with Gasteiger partial charge < -0.3 is 9.26 Å². The van der Waals surface area contributed by atoms with Gasteiger partial charge >= 0.3 is 16.2 Å². The number of esters is 1. The minimum atomic E-state index is -3.99. The van der Waals surface area contributed by atoms with E-state index in [1.165, 1.54) is 13.1 Å². The molecule has 1 aromatic carbocycles. The summed E-state index contributed by atoms with van der Waals surface area (Å²) in [5, 5.41) is 3.79. The number of hydrogen-bond donors (Lipinski definition) is 0. The number of carbonyl (C=O) groups excluding carboxylic acids is 1. The summed E-state index contributed by atoms with van der Waals surface area (Å²) in [4.78, 5) is 16.2. The van der Waals surface area contributed by atoms with Crippen molar-refractivity contribution in [3.05, 3.63) is 47.9 Å². The van der Waals surface area contributed by atoms with Crippen LogP contribution >= 0.6 is 0 Å². The van der Waals surface area contributed by atoms with Gasteiger partial charge in [-0.3, -0.25) is 4.31 Å². The molecule has 0 N–H and O–H groups in total. The Morgan fingerprint density at radius 1 is 1.27 bits per heavy atom. The molecule has 9 nitrogen and oxygen atoms in total. The summed E-state index contributed by atoms with van der Waals surface area (Å²) in [5.41, 5.74) is 0.843. The van der Waals surface area contributed by atoms with Gasteiger partial charge in [-0.05, 0) is 26.0 Å². The van der Waals surface area contributed by atoms with Gasteiger partial charge in [0.25, 0.3) is 5.89 Å². The molecule has 0 saturated carbocycles. The van der Waals surface area contributed by atoms with Crippen molar-refractivity contribution in [2.24, 2.45) is 4.40 Å². The second-order valence-corrected chi connectivity index (χ2v) is 6.89. The summed E-state index contributed by atoms with van der Waals surface area (Å²) in [6, 6.07) is 9.08. The van der Waals surface area contributed by atoms with Crippen LogP contribution in [0.15, 0.2) is 51.0 Å². The van der Waals surface area contributed by atoms with E-state index in [0.717, 1.165) is 4.31 Å². The lowest BCUT2D eigenvalue weighted by Gasteiger charge is -2.21. The van der Waals surface area contributed by atoms with Crippen LogP contribution in [0.2, 0.25) is 0 Å². The molecule has 2 heterocycles. The van der Waals surface area contributed by atoms with Crippen LogP contribution in [0.5, 0.6) is 0 Å². The molecule has 136 valence electrons. The van der Waals surface area contributed by atoms with Crippen molar-refractivity contribution in [3.63, 3.8) is 0 Å². The van der Waals surface area contributed by atoms with Crippen LogP contribution in [-0.2, 0) is 26.3 Å². The molecule has 0 bridgehead atoms. The first-order valence-corrected chi connectivity index (χ1v) is 9.16. The molecule has 2 aromatic rings. The van der Waals surface area contributed by atoms with Crippen LogP contribution in [0.4, 0.5) is 0 Å². The fraction of sp³-hybridized carbons (Fsp3) is 0.250. The Balaban J connectivity index is 1.86. The number of benzene rings is 1. The van der Waals surface area contributed by atoms with E-state index in [2.05, 4.69) is 14.5 Å². The Kier molecular flexibility index (Phi) is 4.85. The third kappa shape index (κ3) is 3.64. The lowest BCUT2D eigenvalue weighted by molar-refractivity contribution is -0.137. The van der Waals surface area contributed by atoms with Crippen LogP contribution < -0.4 is 0 Å². The Hall–Kier alpha value is -3.01. The van der Waals surface area contributed by atoms with Crippen LogP contribution in [0, 0.1) is 0 Å². The summed E-state index contributed by atoms with van der Waals surface area (Å²) in [5.74, 6) is -0.238. The molecule has 26 heavy (non-hydrogen) atoms. The zero-order chi connectivity index (χ0) is 18.7. The number of ether oxygens (including phenoxy) is 1. The van der Waals surface area contributed by atoms with Gasteiger partial charge in [0, 0.05) is 11.8 Å². The Labute approximate surface area is 150 Å². The first kappa shape index (κ1) is 17.8. The Bertz CT molecular complexity index is 979. The zero-order valence-corrected chi connectivity index (χ0v) is 14.9. The van der Waals surface area contributed by atoms with Gasteiger partial charge in [0.1, 0.15) is 0 Å². The van der Waals surface area contributed by atoms with Crippen molar-refractivity contribution >= 4 is 21.9 Å². The van der Waals surface area contributed by atoms with E-state index < -0.39 is 16.2 Å². The number of rotatable bonds is 5. The van der Waals surface area contributed by atoms with Gasteiger partial charge in [0.05, 0.1) is 24.4 Å². The highest BCUT2D eigenvalue weighted by molar-refractivity contribution is 7.88. The number of aromatic nitrogens is 2. The molecule has 0 saturated heterocycles.